The Morgan fingerprint density at radius 1 is 1.23 bits per heavy atom. The molecule has 1 atom stereocenters. The predicted octanol–water partition coefficient (Wildman–Crippen LogP) is 1.15. The van der Waals surface area contributed by atoms with Crippen LogP contribution in [0.5, 0.6) is 0 Å². The van der Waals surface area contributed by atoms with Gasteiger partial charge in [0.25, 0.3) is 0 Å². The smallest absolute Gasteiger partial charge is 0.0512 e. The van der Waals surface area contributed by atoms with E-state index in [9.17, 15) is 0 Å². The molecule has 0 bridgehead atoms. The summed E-state index contributed by atoms with van der Waals surface area (Å²) in [6.07, 6.45) is 5.79. The van der Waals surface area contributed by atoms with Crippen molar-refractivity contribution in [2.24, 2.45) is 11.7 Å². The number of hydrogen-bond donors (Lipinski definition) is 2. The first-order chi connectivity index (χ1) is 6.35. The quantitative estimate of drug-likeness (QED) is 0.535. The number of unbranched alkanes of at least 4 members (excludes halogenated alkanes) is 3. The van der Waals surface area contributed by atoms with Crippen LogP contribution in [-0.4, -0.2) is 32.0 Å². The van der Waals surface area contributed by atoms with Gasteiger partial charge in [0.2, 0.25) is 0 Å². The van der Waals surface area contributed by atoms with Crippen molar-refractivity contribution in [3.63, 3.8) is 0 Å². The summed E-state index contributed by atoms with van der Waals surface area (Å²) in [6.45, 7) is 1.71. The second-order valence-electron chi connectivity index (χ2n) is 3.50. The Labute approximate surface area is 81.3 Å². The third-order valence-electron chi connectivity index (χ3n) is 2.23. The highest BCUT2D eigenvalue weighted by Crippen LogP contribution is 2.10. The van der Waals surface area contributed by atoms with Crippen molar-refractivity contribution in [2.75, 3.05) is 26.9 Å². The minimum absolute atomic E-state index is 0.241. The standard InChI is InChI=1S/C10H23NO2/c1-13-9-10(8-12)6-4-2-3-5-7-11/h10,12H,2-9,11H2,1H3. The first-order valence-corrected chi connectivity index (χ1v) is 5.15. The fourth-order valence-electron chi connectivity index (χ4n) is 1.39. The Bertz CT molecular complexity index is 98.9. The van der Waals surface area contributed by atoms with E-state index in [0.29, 0.717) is 12.5 Å². The summed E-state index contributed by atoms with van der Waals surface area (Å²) in [7, 11) is 1.68. The molecule has 0 amide bonds. The van der Waals surface area contributed by atoms with Gasteiger partial charge in [-0.3, -0.25) is 0 Å². The Kier molecular flexibility index (Phi) is 9.87. The first kappa shape index (κ1) is 12.9. The Hall–Kier alpha value is -0.120. The number of aliphatic hydroxyl groups is 1. The van der Waals surface area contributed by atoms with Gasteiger partial charge in [0.05, 0.1) is 6.61 Å². The van der Waals surface area contributed by atoms with Crippen LogP contribution in [0, 0.1) is 5.92 Å². The highest BCUT2D eigenvalue weighted by atomic mass is 16.5. The van der Waals surface area contributed by atoms with Gasteiger partial charge in [0.15, 0.2) is 0 Å². The third-order valence-corrected chi connectivity index (χ3v) is 2.23. The lowest BCUT2D eigenvalue weighted by atomic mass is 10.0. The maximum absolute atomic E-state index is 8.96. The molecule has 3 nitrogen and oxygen atoms in total. The van der Waals surface area contributed by atoms with Crippen LogP contribution in [0.3, 0.4) is 0 Å². The maximum Gasteiger partial charge on any atom is 0.0512 e. The van der Waals surface area contributed by atoms with Gasteiger partial charge in [-0.15, -0.1) is 0 Å². The van der Waals surface area contributed by atoms with Gasteiger partial charge >= 0.3 is 0 Å². The van der Waals surface area contributed by atoms with Crippen molar-refractivity contribution < 1.29 is 9.84 Å². The maximum atomic E-state index is 8.96. The molecule has 0 aliphatic rings. The SMILES string of the molecule is COCC(CO)CCCCCCN. The minimum atomic E-state index is 0.241. The molecule has 0 fully saturated rings. The Morgan fingerprint density at radius 2 is 1.92 bits per heavy atom. The molecule has 0 spiro atoms. The molecule has 0 saturated carbocycles. The average Bonchev–Trinajstić information content (AvgIpc) is 2.16. The summed E-state index contributed by atoms with van der Waals surface area (Å²) in [5, 5.41) is 8.96. The topological polar surface area (TPSA) is 55.5 Å². The van der Waals surface area contributed by atoms with Gasteiger partial charge in [0, 0.05) is 19.6 Å². The van der Waals surface area contributed by atoms with Crippen molar-refractivity contribution in [3.8, 4) is 0 Å². The molecule has 0 rings (SSSR count). The Balaban J connectivity index is 3.17. The second-order valence-corrected chi connectivity index (χ2v) is 3.50. The van der Waals surface area contributed by atoms with Gasteiger partial charge in [-0.2, -0.15) is 0 Å². The van der Waals surface area contributed by atoms with Crippen LogP contribution < -0.4 is 5.73 Å². The van der Waals surface area contributed by atoms with Crippen LogP contribution in [0.2, 0.25) is 0 Å². The van der Waals surface area contributed by atoms with Gasteiger partial charge in [-0.1, -0.05) is 19.3 Å². The monoisotopic (exact) mass is 189 g/mol. The van der Waals surface area contributed by atoms with E-state index >= 15 is 0 Å². The largest absolute Gasteiger partial charge is 0.396 e. The van der Waals surface area contributed by atoms with E-state index in [1.165, 1.54) is 19.3 Å². The zero-order valence-corrected chi connectivity index (χ0v) is 8.67. The summed E-state index contributed by atoms with van der Waals surface area (Å²) in [6, 6.07) is 0. The molecule has 1 unspecified atom stereocenters. The highest BCUT2D eigenvalue weighted by Gasteiger charge is 2.05. The molecule has 0 saturated heterocycles. The fourth-order valence-corrected chi connectivity index (χ4v) is 1.39. The summed E-state index contributed by atoms with van der Waals surface area (Å²) in [5.41, 5.74) is 5.38. The van der Waals surface area contributed by atoms with Crippen LogP contribution in [0.25, 0.3) is 0 Å². The molecule has 3 N–H and O–H groups in total. The van der Waals surface area contributed by atoms with Crippen molar-refractivity contribution in [3.05, 3.63) is 0 Å². The van der Waals surface area contributed by atoms with Crippen molar-refractivity contribution in [2.45, 2.75) is 32.1 Å². The van der Waals surface area contributed by atoms with E-state index in [-0.39, 0.29) is 6.61 Å². The molecule has 0 radical (unpaired) electrons. The van der Waals surface area contributed by atoms with E-state index < -0.39 is 0 Å². The van der Waals surface area contributed by atoms with Crippen LogP contribution in [0.4, 0.5) is 0 Å². The summed E-state index contributed by atoms with van der Waals surface area (Å²) < 4.78 is 4.99. The number of nitrogens with two attached hydrogens (primary N) is 1. The van der Waals surface area contributed by atoms with Gasteiger partial charge < -0.3 is 15.6 Å². The number of ether oxygens (including phenoxy) is 1. The molecule has 0 aliphatic carbocycles. The van der Waals surface area contributed by atoms with Gasteiger partial charge in [-0.25, -0.2) is 0 Å². The zero-order chi connectivity index (χ0) is 9.94. The molecule has 3 heteroatoms. The normalized spacial score (nSPS) is 13.2. The van der Waals surface area contributed by atoms with E-state index in [4.69, 9.17) is 15.6 Å². The molecule has 0 aliphatic heterocycles. The van der Waals surface area contributed by atoms with E-state index in [1.54, 1.807) is 7.11 Å². The lowest BCUT2D eigenvalue weighted by Gasteiger charge is -2.12. The molecule has 13 heavy (non-hydrogen) atoms. The van der Waals surface area contributed by atoms with Crippen LogP contribution in [-0.2, 0) is 4.74 Å². The third kappa shape index (κ3) is 8.22. The van der Waals surface area contributed by atoms with Crippen molar-refractivity contribution in [1.29, 1.82) is 0 Å². The first-order valence-electron chi connectivity index (χ1n) is 5.15. The predicted molar refractivity (Wildman–Crippen MR) is 54.6 cm³/mol. The number of methoxy groups -OCH3 is 1. The van der Waals surface area contributed by atoms with Crippen LogP contribution in [0.15, 0.2) is 0 Å². The highest BCUT2D eigenvalue weighted by molar-refractivity contribution is 4.56. The van der Waals surface area contributed by atoms with E-state index in [2.05, 4.69) is 0 Å². The molecule has 80 valence electrons. The zero-order valence-electron chi connectivity index (χ0n) is 8.67. The van der Waals surface area contributed by atoms with Crippen molar-refractivity contribution in [1.82, 2.24) is 0 Å². The van der Waals surface area contributed by atoms with Crippen molar-refractivity contribution >= 4 is 0 Å². The number of hydrogen-bond acceptors (Lipinski definition) is 3. The molecular weight excluding hydrogens is 166 g/mol. The van der Waals surface area contributed by atoms with Gasteiger partial charge in [-0.05, 0) is 19.4 Å². The minimum Gasteiger partial charge on any atom is -0.396 e. The molecule has 0 aromatic rings. The summed E-state index contributed by atoms with van der Waals surface area (Å²) in [4.78, 5) is 0. The second kappa shape index (κ2) is 9.96. The summed E-state index contributed by atoms with van der Waals surface area (Å²) in [5.74, 6) is 0.322. The molecule has 0 heterocycles. The Morgan fingerprint density at radius 3 is 2.46 bits per heavy atom. The average molecular weight is 189 g/mol. The van der Waals surface area contributed by atoms with Crippen LogP contribution >= 0.6 is 0 Å². The van der Waals surface area contributed by atoms with Gasteiger partial charge in [0.1, 0.15) is 0 Å². The molecular formula is C10H23NO2. The number of rotatable bonds is 9. The van der Waals surface area contributed by atoms with E-state index in [0.717, 1.165) is 19.4 Å². The molecule has 0 aromatic heterocycles. The number of aliphatic hydroxyl groups excluding tert-OH is 1. The lowest BCUT2D eigenvalue weighted by Crippen LogP contribution is -2.12. The van der Waals surface area contributed by atoms with Crippen LogP contribution in [0.1, 0.15) is 32.1 Å². The molecule has 0 aromatic carbocycles. The lowest BCUT2D eigenvalue weighted by molar-refractivity contribution is 0.103. The van der Waals surface area contributed by atoms with E-state index in [1.807, 2.05) is 0 Å². The fraction of sp³-hybridized carbons (Fsp3) is 1.00. The summed E-state index contributed by atoms with van der Waals surface area (Å²) >= 11 is 0.